The van der Waals surface area contributed by atoms with E-state index in [-0.39, 0.29) is 5.91 Å². The minimum atomic E-state index is -0.256. The van der Waals surface area contributed by atoms with E-state index in [1.807, 2.05) is 12.1 Å². The molecule has 0 saturated carbocycles. The Balaban J connectivity index is 2.22. The summed E-state index contributed by atoms with van der Waals surface area (Å²) >= 11 is 0. The van der Waals surface area contributed by atoms with Crippen LogP contribution in [0.2, 0.25) is 0 Å². The highest BCUT2D eigenvalue weighted by atomic mass is 16.5. The Labute approximate surface area is 98.8 Å². The van der Waals surface area contributed by atoms with Crippen molar-refractivity contribution in [2.24, 2.45) is 0 Å². The number of aryl methyl sites for hydroxylation is 1. The third-order valence-corrected chi connectivity index (χ3v) is 2.40. The fourth-order valence-corrected chi connectivity index (χ4v) is 1.52. The number of aromatic amines is 1. The first-order chi connectivity index (χ1) is 8.22. The SMILES string of the molecule is COc1ccccc1NC(=O)c1nc[nH]c1C. The summed E-state index contributed by atoms with van der Waals surface area (Å²) in [5.41, 5.74) is 1.75. The van der Waals surface area contributed by atoms with Crippen LogP contribution in [0.1, 0.15) is 16.2 Å². The molecule has 0 atom stereocenters. The fourth-order valence-electron chi connectivity index (χ4n) is 1.52. The summed E-state index contributed by atoms with van der Waals surface area (Å²) < 4.78 is 5.15. The maximum Gasteiger partial charge on any atom is 0.276 e. The Morgan fingerprint density at radius 2 is 2.18 bits per heavy atom. The van der Waals surface area contributed by atoms with Crippen molar-refractivity contribution in [2.75, 3.05) is 12.4 Å². The van der Waals surface area contributed by atoms with Crippen molar-refractivity contribution in [3.63, 3.8) is 0 Å². The average molecular weight is 231 g/mol. The molecule has 5 heteroatoms. The van der Waals surface area contributed by atoms with E-state index in [0.29, 0.717) is 17.1 Å². The summed E-state index contributed by atoms with van der Waals surface area (Å²) in [7, 11) is 1.56. The lowest BCUT2D eigenvalue weighted by molar-refractivity contribution is 0.102. The third-order valence-electron chi connectivity index (χ3n) is 2.40. The molecule has 0 spiro atoms. The minimum absolute atomic E-state index is 0.256. The average Bonchev–Trinajstić information content (AvgIpc) is 2.76. The van der Waals surface area contributed by atoms with Gasteiger partial charge in [-0.1, -0.05) is 12.1 Å². The number of anilines is 1. The van der Waals surface area contributed by atoms with Crippen LogP contribution in [-0.2, 0) is 0 Å². The summed E-state index contributed by atoms with van der Waals surface area (Å²) in [6.45, 7) is 1.80. The molecule has 2 aromatic rings. The van der Waals surface area contributed by atoms with Gasteiger partial charge in [0, 0.05) is 5.69 Å². The number of H-pyrrole nitrogens is 1. The van der Waals surface area contributed by atoms with Gasteiger partial charge in [0.2, 0.25) is 0 Å². The number of methoxy groups -OCH3 is 1. The molecule has 0 saturated heterocycles. The molecule has 0 aliphatic heterocycles. The lowest BCUT2D eigenvalue weighted by atomic mass is 10.2. The van der Waals surface area contributed by atoms with Gasteiger partial charge in [0.25, 0.3) is 5.91 Å². The van der Waals surface area contributed by atoms with Crippen LogP contribution in [0.15, 0.2) is 30.6 Å². The smallest absolute Gasteiger partial charge is 0.276 e. The van der Waals surface area contributed by atoms with Crippen LogP contribution in [0.5, 0.6) is 5.75 Å². The van der Waals surface area contributed by atoms with E-state index in [2.05, 4.69) is 15.3 Å². The number of amides is 1. The van der Waals surface area contributed by atoms with Crippen molar-refractivity contribution >= 4 is 11.6 Å². The molecule has 17 heavy (non-hydrogen) atoms. The lowest BCUT2D eigenvalue weighted by Gasteiger charge is -2.08. The Morgan fingerprint density at radius 3 is 2.82 bits per heavy atom. The summed E-state index contributed by atoms with van der Waals surface area (Å²) in [4.78, 5) is 18.7. The molecule has 1 heterocycles. The number of imidazole rings is 1. The second-order valence-corrected chi connectivity index (χ2v) is 3.53. The van der Waals surface area contributed by atoms with Crippen molar-refractivity contribution in [3.05, 3.63) is 42.0 Å². The largest absolute Gasteiger partial charge is 0.495 e. The third kappa shape index (κ3) is 2.28. The van der Waals surface area contributed by atoms with E-state index < -0.39 is 0 Å². The first-order valence-electron chi connectivity index (χ1n) is 5.16. The van der Waals surface area contributed by atoms with Gasteiger partial charge in [-0.2, -0.15) is 0 Å². The molecule has 0 aliphatic rings. The topological polar surface area (TPSA) is 67.0 Å². The summed E-state index contributed by atoms with van der Waals surface area (Å²) in [6, 6.07) is 7.23. The number of rotatable bonds is 3. The standard InChI is InChI=1S/C12H13N3O2/c1-8-11(14-7-13-8)12(16)15-9-5-3-4-6-10(9)17-2/h3-7H,1-2H3,(H,13,14)(H,15,16). The van der Waals surface area contributed by atoms with Gasteiger partial charge in [0.1, 0.15) is 11.4 Å². The van der Waals surface area contributed by atoms with Gasteiger partial charge in [-0.3, -0.25) is 4.79 Å². The van der Waals surface area contributed by atoms with Gasteiger partial charge < -0.3 is 15.0 Å². The predicted octanol–water partition coefficient (Wildman–Crippen LogP) is 1.98. The Morgan fingerprint density at radius 1 is 1.41 bits per heavy atom. The lowest BCUT2D eigenvalue weighted by Crippen LogP contribution is -2.14. The van der Waals surface area contributed by atoms with Gasteiger partial charge in [-0.15, -0.1) is 0 Å². The summed E-state index contributed by atoms with van der Waals surface area (Å²) in [5, 5.41) is 2.76. The van der Waals surface area contributed by atoms with Crippen molar-refractivity contribution in [3.8, 4) is 5.75 Å². The van der Waals surface area contributed by atoms with Crippen molar-refractivity contribution in [1.29, 1.82) is 0 Å². The maximum atomic E-state index is 11.9. The van der Waals surface area contributed by atoms with Gasteiger partial charge in [0.15, 0.2) is 0 Å². The normalized spacial score (nSPS) is 10.0. The molecule has 2 N–H and O–H groups in total. The van der Waals surface area contributed by atoms with E-state index in [1.165, 1.54) is 6.33 Å². The van der Waals surface area contributed by atoms with Crippen LogP contribution < -0.4 is 10.1 Å². The van der Waals surface area contributed by atoms with Crippen LogP contribution in [0.4, 0.5) is 5.69 Å². The number of para-hydroxylation sites is 2. The molecule has 1 amide bonds. The Kier molecular flexibility index (Phi) is 3.09. The van der Waals surface area contributed by atoms with Gasteiger partial charge >= 0.3 is 0 Å². The zero-order chi connectivity index (χ0) is 12.3. The fraction of sp³-hybridized carbons (Fsp3) is 0.167. The number of carbonyl (C=O) groups excluding carboxylic acids is 1. The van der Waals surface area contributed by atoms with Gasteiger partial charge in [-0.25, -0.2) is 4.98 Å². The van der Waals surface area contributed by atoms with Crippen LogP contribution in [0, 0.1) is 6.92 Å². The Bertz CT molecular complexity index is 534. The molecule has 1 aromatic heterocycles. The highest BCUT2D eigenvalue weighted by Gasteiger charge is 2.13. The molecule has 0 bridgehead atoms. The monoisotopic (exact) mass is 231 g/mol. The number of ether oxygens (including phenoxy) is 1. The quantitative estimate of drug-likeness (QED) is 0.848. The van der Waals surface area contributed by atoms with Crippen molar-refractivity contribution in [2.45, 2.75) is 6.92 Å². The first-order valence-corrected chi connectivity index (χ1v) is 5.16. The molecule has 0 fully saturated rings. The molecular weight excluding hydrogens is 218 g/mol. The van der Waals surface area contributed by atoms with E-state index in [9.17, 15) is 4.79 Å². The Hall–Kier alpha value is -2.30. The molecule has 0 aliphatic carbocycles. The number of nitrogens with zero attached hydrogens (tertiary/aromatic N) is 1. The zero-order valence-corrected chi connectivity index (χ0v) is 9.65. The summed E-state index contributed by atoms with van der Waals surface area (Å²) in [6.07, 6.45) is 1.49. The predicted molar refractivity (Wildman–Crippen MR) is 64.3 cm³/mol. The van der Waals surface area contributed by atoms with Crippen LogP contribution >= 0.6 is 0 Å². The molecular formula is C12H13N3O2. The zero-order valence-electron chi connectivity index (χ0n) is 9.65. The molecule has 0 radical (unpaired) electrons. The molecule has 88 valence electrons. The number of carbonyl (C=O) groups is 1. The highest BCUT2D eigenvalue weighted by Crippen LogP contribution is 2.23. The van der Waals surface area contributed by atoms with Crippen molar-refractivity contribution < 1.29 is 9.53 Å². The van der Waals surface area contributed by atoms with Gasteiger partial charge in [-0.05, 0) is 19.1 Å². The van der Waals surface area contributed by atoms with E-state index >= 15 is 0 Å². The second kappa shape index (κ2) is 4.69. The molecule has 5 nitrogen and oxygen atoms in total. The van der Waals surface area contributed by atoms with Crippen LogP contribution in [-0.4, -0.2) is 23.0 Å². The molecule has 0 unspecified atom stereocenters. The van der Waals surface area contributed by atoms with E-state index in [4.69, 9.17) is 4.74 Å². The second-order valence-electron chi connectivity index (χ2n) is 3.53. The minimum Gasteiger partial charge on any atom is -0.495 e. The van der Waals surface area contributed by atoms with E-state index in [0.717, 1.165) is 5.69 Å². The number of nitrogens with one attached hydrogen (secondary N) is 2. The first kappa shape index (κ1) is 11.2. The number of aromatic nitrogens is 2. The number of benzene rings is 1. The highest BCUT2D eigenvalue weighted by molar-refractivity contribution is 6.04. The molecule has 1 aromatic carbocycles. The van der Waals surface area contributed by atoms with Gasteiger partial charge in [0.05, 0.1) is 19.1 Å². The van der Waals surface area contributed by atoms with Crippen molar-refractivity contribution in [1.82, 2.24) is 9.97 Å². The van der Waals surface area contributed by atoms with Crippen LogP contribution in [0.25, 0.3) is 0 Å². The maximum absolute atomic E-state index is 11.9. The summed E-state index contributed by atoms with van der Waals surface area (Å²) in [5.74, 6) is 0.363. The van der Waals surface area contributed by atoms with Crippen LogP contribution in [0.3, 0.4) is 0 Å². The van der Waals surface area contributed by atoms with E-state index in [1.54, 1.807) is 26.2 Å². The number of hydrogen-bond acceptors (Lipinski definition) is 3. The molecule has 2 rings (SSSR count). The number of hydrogen-bond donors (Lipinski definition) is 2.